The number of aliphatic hydroxyl groups is 1. The van der Waals surface area contributed by atoms with Crippen LogP contribution in [0.2, 0.25) is 0 Å². The highest BCUT2D eigenvalue weighted by Gasteiger charge is 2.18. The highest BCUT2D eigenvalue weighted by molar-refractivity contribution is 6.05. The Labute approximate surface area is 161 Å². The van der Waals surface area contributed by atoms with E-state index in [1.807, 2.05) is 32.2 Å². The molecule has 3 aromatic heterocycles. The van der Waals surface area contributed by atoms with Crippen LogP contribution in [0.3, 0.4) is 0 Å². The van der Waals surface area contributed by atoms with Gasteiger partial charge in [-0.3, -0.25) is 9.48 Å². The molecule has 3 heterocycles. The van der Waals surface area contributed by atoms with Gasteiger partial charge in [0.1, 0.15) is 16.9 Å². The lowest BCUT2D eigenvalue weighted by Gasteiger charge is -2.05. The zero-order valence-corrected chi connectivity index (χ0v) is 16.0. The molecule has 0 bridgehead atoms. The van der Waals surface area contributed by atoms with Crippen molar-refractivity contribution >= 4 is 28.0 Å². The minimum Gasteiger partial charge on any atom is -0.389 e. The third-order valence-corrected chi connectivity index (χ3v) is 4.76. The topological polar surface area (TPSA) is 109 Å². The number of benzene rings is 1. The van der Waals surface area contributed by atoms with Crippen LogP contribution in [-0.2, 0) is 7.05 Å². The first-order chi connectivity index (χ1) is 13.5. The van der Waals surface area contributed by atoms with Gasteiger partial charge in [-0.15, -0.1) is 0 Å². The quantitative estimate of drug-likeness (QED) is 0.495. The number of carbonyl (C=O) groups excluding carboxylic acids is 1. The van der Waals surface area contributed by atoms with Crippen LogP contribution in [-0.4, -0.2) is 42.3 Å². The van der Waals surface area contributed by atoms with Gasteiger partial charge >= 0.3 is 0 Å². The normalized spacial score (nSPS) is 12.6. The fraction of sp³-hybridized carbons (Fsp3) is 0.300. The summed E-state index contributed by atoms with van der Waals surface area (Å²) in [5, 5.41) is 18.3. The van der Waals surface area contributed by atoms with Crippen LogP contribution in [0.4, 0.5) is 0 Å². The molecule has 1 aromatic carbocycles. The number of aryl methyl sites for hydroxylation is 1. The van der Waals surface area contributed by atoms with Crippen molar-refractivity contribution in [1.29, 1.82) is 0 Å². The molecule has 3 N–H and O–H groups in total. The van der Waals surface area contributed by atoms with Crippen LogP contribution in [0, 0.1) is 0 Å². The van der Waals surface area contributed by atoms with Gasteiger partial charge in [0, 0.05) is 25.2 Å². The Hall–Kier alpha value is -3.26. The Morgan fingerprint density at radius 1 is 1.39 bits per heavy atom. The van der Waals surface area contributed by atoms with Crippen LogP contribution >= 0.6 is 0 Å². The molecule has 4 aromatic rings. The summed E-state index contributed by atoms with van der Waals surface area (Å²) in [5.74, 6) is -0.179. The van der Waals surface area contributed by atoms with Crippen LogP contribution in [0.25, 0.3) is 33.5 Å². The maximum atomic E-state index is 12.4. The van der Waals surface area contributed by atoms with E-state index in [1.54, 1.807) is 24.0 Å². The van der Waals surface area contributed by atoms with E-state index in [4.69, 9.17) is 0 Å². The van der Waals surface area contributed by atoms with Gasteiger partial charge in [0.15, 0.2) is 5.65 Å². The second-order valence-electron chi connectivity index (χ2n) is 6.84. The summed E-state index contributed by atoms with van der Waals surface area (Å²) in [7, 11) is 1.86. The summed E-state index contributed by atoms with van der Waals surface area (Å²) in [6.07, 6.45) is 3.55. The van der Waals surface area contributed by atoms with Gasteiger partial charge in [-0.25, -0.2) is 9.97 Å². The number of nitrogens with one attached hydrogen (secondary N) is 2. The summed E-state index contributed by atoms with van der Waals surface area (Å²) in [4.78, 5) is 24.5. The lowest BCUT2D eigenvalue weighted by molar-refractivity contribution is 0.0955. The van der Waals surface area contributed by atoms with Gasteiger partial charge < -0.3 is 15.4 Å². The minimum absolute atomic E-state index is 0.179. The largest absolute Gasteiger partial charge is 0.389 e. The molecule has 0 spiro atoms. The molecular formula is C20H22N6O2. The Kier molecular flexibility index (Phi) is 4.56. The first-order valence-corrected chi connectivity index (χ1v) is 9.27. The van der Waals surface area contributed by atoms with Gasteiger partial charge in [0.25, 0.3) is 5.91 Å². The fourth-order valence-electron chi connectivity index (χ4n) is 3.24. The number of nitrogens with zero attached hydrogens (tertiary/aromatic N) is 4. The number of amides is 1. The highest BCUT2D eigenvalue weighted by Crippen LogP contribution is 2.29. The van der Waals surface area contributed by atoms with E-state index in [2.05, 4.69) is 25.4 Å². The van der Waals surface area contributed by atoms with Crippen molar-refractivity contribution in [3.63, 3.8) is 0 Å². The number of carbonyl (C=O) groups is 1. The van der Waals surface area contributed by atoms with E-state index in [0.717, 1.165) is 22.9 Å². The number of aliphatic hydroxyl groups excluding tert-OH is 1. The minimum atomic E-state index is -0.579. The van der Waals surface area contributed by atoms with Gasteiger partial charge in [0.2, 0.25) is 0 Å². The van der Waals surface area contributed by atoms with E-state index in [9.17, 15) is 9.90 Å². The first kappa shape index (κ1) is 18.1. The number of H-pyrrole nitrogens is 1. The maximum Gasteiger partial charge on any atom is 0.255 e. The van der Waals surface area contributed by atoms with Crippen molar-refractivity contribution in [1.82, 2.24) is 30.0 Å². The van der Waals surface area contributed by atoms with Crippen molar-refractivity contribution in [2.45, 2.75) is 26.4 Å². The Bertz CT molecular complexity index is 1170. The van der Waals surface area contributed by atoms with Gasteiger partial charge in [-0.2, -0.15) is 5.10 Å². The third-order valence-electron chi connectivity index (χ3n) is 4.76. The average Bonchev–Trinajstić information content (AvgIpc) is 3.26. The molecule has 8 heteroatoms. The smallest absolute Gasteiger partial charge is 0.255 e. The zero-order chi connectivity index (χ0) is 19.8. The predicted molar refractivity (Wildman–Crippen MR) is 107 cm³/mol. The predicted octanol–water partition coefficient (Wildman–Crippen LogP) is 2.70. The number of hydrogen-bond donors (Lipinski definition) is 3. The molecule has 0 aliphatic carbocycles. The molecule has 1 atom stereocenters. The van der Waals surface area contributed by atoms with Crippen LogP contribution in [0.5, 0.6) is 0 Å². The zero-order valence-electron chi connectivity index (χ0n) is 16.0. The Morgan fingerprint density at radius 3 is 2.96 bits per heavy atom. The summed E-state index contributed by atoms with van der Waals surface area (Å²) in [6.45, 7) is 4.33. The molecule has 0 saturated carbocycles. The van der Waals surface area contributed by atoms with E-state index in [-0.39, 0.29) is 5.91 Å². The van der Waals surface area contributed by atoms with Gasteiger partial charge in [-0.1, -0.05) is 13.0 Å². The van der Waals surface area contributed by atoms with Crippen molar-refractivity contribution in [3.05, 3.63) is 41.7 Å². The van der Waals surface area contributed by atoms with Crippen LogP contribution < -0.4 is 5.32 Å². The SMILES string of the molecule is CCCNC(=O)c1c[nH]c2ncc(-c3nn(C)c4ccc(C(C)O)cc34)nc12. The summed E-state index contributed by atoms with van der Waals surface area (Å²) in [5.41, 5.74) is 4.49. The molecule has 0 aliphatic heterocycles. The molecular weight excluding hydrogens is 356 g/mol. The Morgan fingerprint density at radius 2 is 2.21 bits per heavy atom. The van der Waals surface area contributed by atoms with Crippen LogP contribution in [0.1, 0.15) is 42.3 Å². The third kappa shape index (κ3) is 3.01. The maximum absolute atomic E-state index is 12.4. The fourth-order valence-corrected chi connectivity index (χ4v) is 3.24. The summed E-state index contributed by atoms with van der Waals surface area (Å²) < 4.78 is 1.77. The van der Waals surface area contributed by atoms with Crippen molar-refractivity contribution in [2.24, 2.45) is 7.05 Å². The number of fused-ring (bicyclic) bond motifs is 2. The monoisotopic (exact) mass is 378 g/mol. The van der Waals surface area contributed by atoms with Gasteiger partial charge in [-0.05, 0) is 31.0 Å². The van der Waals surface area contributed by atoms with E-state index in [1.165, 1.54) is 0 Å². The molecule has 8 nitrogen and oxygen atoms in total. The molecule has 0 saturated heterocycles. The standard InChI is InChI=1S/C20H22N6O2/c1-4-7-21-20(28)14-9-22-19-18(14)24-15(10-23-19)17-13-8-12(11(2)27)5-6-16(13)26(3)25-17/h5-6,8-11,27H,4,7H2,1-3H3,(H,21,28)(H,22,23). The number of rotatable bonds is 5. The van der Waals surface area contributed by atoms with E-state index >= 15 is 0 Å². The van der Waals surface area contributed by atoms with Gasteiger partial charge in [0.05, 0.1) is 23.4 Å². The number of aromatic nitrogens is 5. The van der Waals surface area contributed by atoms with Crippen molar-refractivity contribution in [2.75, 3.05) is 6.54 Å². The highest BCUT2D eigenvalue weighted by atomic mass is 16.3. The molecule has 0 aliphatic rings. The molecule has 1 unspecified atom stereocenters. The molecule has 28 heavy (non-hydrogen) atoms. The lowest BCUT2D eigenvalue weighted by Crippen LogP contribution is -2.23. The second-order valence-corrected chi connectivity index (χ2v) is 6.84. The molecule has 0 radical (unpaired) electrons. The summed E-state index contributed by atoms with van der Waals surface area (Å²) >= 11 is 0. The van der Waals surface area contributed by atoms with Crippen molar-refractivity contribution in [3.8, 4) is 11.4 Å². The molecule has 4 rings (SSSR count). The van der Waals surface area contributed by atoms with E-state index in [0.29, 0.717) is 34.7 Å². The Balaban J connectivity index is 1.85. The second kappa shape index (κ2) is 7.05. The number of hydrogen-bond acceptors (Lipinski definition) is 5. The summed E-state index contributed by atoms with van der Waals surface area (Å²) in [6, 6.07) is 5.73. The molecule has 0 fully saturated rings. The average molecular weight is 378 g/mol. The first-order valence-electron chi connectivity index (χ1n) is 9.27. The molecule has 144 valence electrons. The number of aromatic amines is 1. The van der Waals surface area contributed by atoms with Crippen LogP contribution in [0.15, 0.2) is 30.6 Å². The van der Waals surface area contributed by atoms with E-state index < -0.39 is 6.10 Å². The lowest BCUT2D eigenvalue weighted by atomic mass is 10.1. The van der Waals surface area contributed by atoms with Crippen molar-refractivity contribution < 1.29 is 9.90 Å². The molecule has 1 amide bonds.